The van der Waals surface area contributed by atoms with Gasteiger partial charge < -0.3 is 19.8 Å². The fourth-order valence-corrected chi connectivity index (χ4v) is 4.13. The summed E-state index contributed by atoms with van der Waals surface area (Å²) in [5.74, 6) is -0.301. The summed E-state index contributed by atoms with van der Waals surface area (Å²) in [6, 6.07) is 12.2. The molecule has 1 heterocycles. The van der Waals surface area contributed by atoms with E-state index >= 15 is 0 Å². The Morgan fingerprint density at radius 3 is 2.48 bits per heavy atom. The molecule has 2 aromatic rings. The van der Waals surface area contributed by atoms with Crippen molar-refractivity contribution in [2.24, 2.45) is 5.16 Å². The fraction of sp³-hybridized carbons (Fsp3) is 0.350. The van der Waals surface area contributed by atoms with Crippen molar-refractivity contribution < 1.29 is 24.2 Å². The molecule has 0 unspecified atom stereocenters. The van der Waals surface area contributed by atoms with Crippen molar-refractivity contribution in [3.05, 3.63) is 59.4 Å². The third-order valence-electron chi connectivity index (χ3n) is 4.78. The van der Waals surface area contributed by atoms with Crippen LogP contribution in [0.4, 0.5) is 4.39 Å². The number of hydrogen-bond donors (Lipinski definition) is 2. The van der Waals surface area contributed by atoms with Gasteiger partial charge in [0, 0.05) is 48.5 Å². The van der Waals surface area contributed by atoms with Crippen molar-refractivity contribution >= 4 is 17.5 Å². The van der Waals surface area contributed by atoms with E-state index in [0.29, 0.717) is 31.6 Å². The first-order valence-corrected chi connectivity index (χ1v) is 9.46. The largest absolute Gasteiger partial charge is 0.411 e. The van der Waals surface area contributed by atoms with E-state index in [1.54, 1.807) is 19.2 Å². The van der Waals surface area contributed by atoms with E-state index < -0.39 is 5.60 Å². The lowest BCUT2D eigenvalue weighted by atomic mass is 9.86. The molecule has 0 aliphatic carbocycles. The van der Waals surface area contributed by atoms with Crippen LogP contribution in [0.5, 0.6) is 0 Å². The molecule has 5 nitrogen and oxygen atoms in total. The second kappa shape index (κ2) is 8.84. The number of halogens is 1. The number of benzene rings is 2. The Morgan fingerprint density at radius 1 is 1.19 bits per heavy atom. The lowest BCUT2D eigenvalue weighted by Crippen LogP contribution is -2.35. The minimum absolute atomic E-state index is 0.196. The van der Waals surface area contributed by atoms with Gasteiger partial charge in [0.15, 0.2) is 0 Å². The Labute approximate surface area is 161 Å². The summed E-state index contributed by atoms with van der Waals surface area (Å²) in [6.45, 7) is 0.834. The van der Waals surface area contributed by atoms with Crippen LogP contribution in [0.1, 0.15) is 24.0 Å². The first-order valence-electron chi connectivity index (χ1n) is 8.64. The number of aliphatic hydroxyl groups is 1. The Hall–Kier alpha value is -1.93. The Kier molecular flexibility index (Phi) is 6.49. The van der Waals surface area contributed by atoms with Crippen molar-refractivity contribution in [3.8, 4) is 0 Å². The number of oxime groups is 1. The second-order valence-corrected chi connectivity index (χ2v) is 7.46. The summed E-state index contributed by atoms with van der Waals surface area (Å²) in [5.41, 5.74) is 1.13. The number of ether oxygens (including phenoxy) is 2. The molecular formula is C20H22FNO4S. The molecule has 0 saturated carbocycles. The smallest absolute Gasteiger partial charge is 0.124 e. The van der Waals surface area contributed by atoms with Crippen LogP contribution in [0.2, 0.25) is 0 Å². The van der Waals surface area contributed by atoms with Crippen LogP contribution in [0, 0.1) is 5.82 Å². The third kappa shape index (κ3) is 4.50. The summed E-state index contributed by atoms with van der Waals surface area (Å²) >= 11 is 1.43. The van der Waals surface area contributed by atoms with Gasteiger partial charge in [0.2, 0.25) is 0 Å². The summed E-state index contributed by atoms with van der Waals surface area (Å²) in [4.78, 5) is 1.68. The third-order valence-corrected chi connectivity index (χ3v) is 5.76. The SMILES string of the molecule is COC1(c2cc(F)cc(Sc3ccc(/C(CO)=N/O)cc3)c2)CCOCC1. The molecule has 27 heavy (non-hydrogen) atoms. The number of hydrogen-bond acceptors (Lipinski definition) is 6. The average Bonchev–Trinajstić information content (AvgIpc) is 2.70. The van der Waals surface area contributed by atoms with Crippen molar-refractivity contribution in [2.45, 2.75) is 28.2 Å². The molecule has 1 fully saturated rings. The van der Waals surface area contributed by atoms with Crippen LogP contribution in [0.25, 0.3) is 0 Å². The molecule has 0 bridgehead atoms. The summed E-state index contributed by atoms with van der Waals surface area (Å²) < 4.78 is 25.5. The van der Waals surface area contributed by atoms with Crippen LogP contribution in [0.15, 0.2) is 57.4 Å². The maximum Gasteiger partial charge on any atom is 0.124 e. The van der Waals surface area contributed by atoms with Crippen LogP contribution in [0.3, 0.4) is 0 Å². The standard InChI is InChI=1S/C20H22FNO4S/c1-25-20(6-8-26-9-7-20)15-10-16(21)12-18(11-15)27-17-4-2-14(3-5-17)19(13-23)22-24/h2-5,10-12,23-24H,6-9,13H2,1H3/b22-19+. The Morgan fingerprint density at radius 2 is 1.89 bits per heavy atom. The first kappa shape index (κ1) is 19.8. The van der Waals surface area contributed by atoms with Crippen LogP contribution >= 0.6 is 11.8 Å². The molecule has 0 amide bonds. The molecular weight excluding hydrogens is 369 g/mol. The normalized spacial score (nSPS) is 17.1. The Balaban J connectivity index is 1.84. The monoisotopic (exact) mass is 391 g/mol. The van der Waals surface area contributed by atoms with E-state index in [-0.39, 0.29) is 18.1 Å². The molecule has 0 atom stereocenters. The number of methoxy groups -OCH3 is 1. The van der Waals surface area contributed by atoms with Crippen molar-refractivity contribution in [2.75, 3.05) is 26.9 Å². The molecule has 144 valence electrons. The molecule has 0 spiro atoms. The molecule has 1 aliphatic rings. The van der Waals surface area contributed by atoms with Gasteiger partial charge in [-0.25, -0.2) is 4.39 Å². The number of aliphatic hydroxyl groups excluding tert-OH is 1. The quantitative estimate of drug-likeness (QED) is 0.445. The zero-order valence-corrected chi connectivity index (χ0v) is 15.8. The van der Waals surface area contributed by atoms with Crippen molar-refractivity contribution in [1.82, 2.24) is 0 Å². The molecule has 0 radical (unpaired) electrons. The lowest BCUT2D eigenvalue weighted by Gasteiger charge is -2.36. The highest BCUT2D eigenvalue weighted by atomic mass is 32.2. The van der Waals surface area contributed by atoms with E-state index in [9.17, 15) is 4.39 Å². The summed E-state index contributed by atoms with van der Waals surface area (Å²) in [5, 5.41) is 21.1. The lowest BCUT2D eigenvalue weighted by molar-refractivity contribution is -0.0950. The number of rotatable bonds is 6. The van der Waals surface area contributed by atoms with Gasteiger partial charge in [-0.15, -0.1) is 0 Å². The van der Waals surface area contributed by atoms with E-state index in [2.05, 4.69) is 5.16 Å². The highest BCUT2D eigenvalue weighted by Crippen LogP contribution is 2.38. The highest BCUT2D eigenvalue weighted by Gasteiger charge is 2.35. The van der Waals surface area contributed by atoms with Gasteiger partial charge in [0.1, 0.15) is 11.5 Å². The van der Waals surface area contributed by atoms with Crippen molar-refractivity contribution in [1.29, 1.82) is 0 Å². The summed E-state index contributed by atoms with van der Waals surface area (Å²) in [7, 11) is 1.66. The molecule has 1 saturated heterocycles. The minimum Gasteiger partial charge on any atom is -0.411 e. The van der Waals surface area contributed by atoms with Gasteiger partial charge in [0.25, 0.3) is 0 Å². The van der Waals surface area contributed by atoms with Gasteiger partial charge in [0.05, 0.1) is 12.2 Å². The predicted octanol–water partition coefficient (Wildman–Crippen LogP) is 3.80. The second-order valence-electron chi connectivity index (χ2n) is 6.32. The van der Waals surface area contributed by atoms with Gasteiger partial charge in [-0.2, -0.15) is 0 Å². The van der Waals surface area contributed by atoms with E-state index in [0.717, 1.165) is 15.4 Å². The van der Waals surface area contributed by atoms with Gasteiger partial charge in [-0.3, -0.25) is 0 Å². The average molecular weight is 391 g/mol. The zero-order valence-electron chi connectivity index (χ0n) is 15.0. The van der Waals surface area contributed by atoms with Gasteiger partial charge >= 0.3 is 0 Å². The fourth-order valence-electron chi connectivity index (χ4n) is 3.23. The topological polar surface area (TPSA) is 71.3 Å². The molecule has 3 rings (SSSR count). The molecule has 7 heteroatoms. The number of nitrogens with zero attached hydrogens (tertiary/aromatic N) is 1. The van der Waals surface area contributed by atoms with E-state index in [1.165, 1.54) is 23.9 Å². The van der Waals surface area contributed by atoms with Crippen LogP contribution in [-0.2, 0) is 15.1 Å². The predicted molar refractivity (Wildman–Crippen MR) is 101 cm³/mol. The van der Waals surface area contributed by atoms with Gasteiger partial charge in [-0.1, -0.05) is 29.1 Å². The molecule has 1 aliphatic heterocycles. The zero-order chi connectivity index (χ0) is 19.3. The summed E-state index contributed by atoms with van der Waals surface area (Å²) in [6.07, 6.45) is 1.38. The van der Waals surface area contributed by atoms with Crippen LogP contribution in [-0.4, -0.2) is 43.0 Å². The minimum atomic E-state index is -0.521. The maximum absolute atomic E-state index is 14.3. The van der Waals surface area contributed by atoms with Crippen LogP contribution < -0.4 is 0 Å². The first-order chi connectivity index (χ1) is 13.1. The maximum atomic E-state index is 14.3. The van der Waals surface area contributed by atoms with E-state index in [4.69, 9.17) is 19.8 Å². The highest BCUT2D eigenvalue weighted by molar-refractivity contribution is 7.99. The van der Waals surface area contributed by atoms with Crippen molar-refractivity contribution in [3.63, 3.8) is 0 Å². The molecule has 2 N–H and O–H groups in total. The van der Waals surface area contributed by atoms with E-state index in [1.807, 2.05) is 18.2 Å². The van der Waals surface area contributed by atoms with Gasteiger partial charge in [-0.05, 0) is 35.9 Å². The molecule has 0 aromatic heterocycles. The Bertz CT molecular complexity index is 804. The molecule has 2 aromatic carbocycles.